The molecule has 0 aliphatic rings. The largest absolute Gasteiger partial charge is 0.497 e. The lowest BCUT2D eigenvalue weighted by atomic mass is 10.0. The Bertz CT molecular complexity index is 777. The fraction of sp³-hybridized carbons (Fsp3) is 0.333. The zero-order valence-electron chi connectivity index (χ0n) is 16.2. The van der Waals surface area contributed by atoms with E-state index in [0.29, 0.717) is 18.0 Å². The van der Waals surface area contributed by atoms with Crippen molar-refractivity contribution in [3.05, 3.63) is 59.7 Å². The number of nitrogens with one attached hydrogen (secondary N) is 1. The van der Waals surface area contributed by atoms with Crippen molar-refractivity contribution in [2.24, 2.45) is 0 Å². The zero-order valence-corrected chi connectivity index (χ0v) is 16.2. The third-order valence-corrected chi connectivity index (χ3v) is 4.29. The maximum Gasteiger partial charge on any atom is 0.225 e. The van der Waals surface area contributed by atoms with Gasteiger partial charge < -0.3 is 19.7 Å². The summed E-state index contributed by atoms with van der Waals surface area (Å²) >= 11 is 0. The van der Waals surface area contributed by atoms with Crippen LogP contribution >= 0.6 is 0 Å². The van der Waals surface area contributed by atoms with Gasteiger partial charge in [-0.15, -0.1) is 0 Å². The van der Waals surface area contributed by atoms with Gasteiger partial charge in [-0.2, -0.15) is 0 Å². The van der Waals surface area contributed by atoms with Crippen LogP contribution in [0.4, 0.5) is 0 Å². The monoisotopic (exact) mass is 370 g/mol. The van der Waals surface area contributed by atoms with Crippen LogP contribution in [0.3, 0.4) is 0 Å². The molecule has 0 saturated heterocycles. The van der Waals surface area contributed by atoms with E-state index < -0.39 is 0 Å². The predicted octanol–water partition coefficient (Wildman–Crippen LogP) is 2.93. The van der Waals surface area contributed by atoms with E-state index in [1.165, 1.54) is 6.92 Å². The molecule has 0 radical (unpaired) electrons. The van der Waals surface area contributed by atoms with Crippen molar-refractivity contribution >= 4 is 11.8 Å². The molecule has 2 aromatic carbocycles. The first-order chi connectivity index (χ1) is 12.9. The second-order valence-electron chi connectivity index (χ2n) is 6.30. The summed E-state index contributed by atoms with van der Waals surface area (Å²) in [6, 6.07) is 14.6. The lowest BCUT2D eigenvalue weighted by Crippen LogP contribution is -2.33. The van der Waals surface area contributed by atoms with E-state index in [2.05, 4.69) is 5.32 Å². The van der Waals surface area contributed by atoms with Crippen LogP contribution in [0.25, 0.3) is 0 Å². The number of benzene rings is 2. The Morgan fingerprint density at radius 3 is 2.37 bits per heavy atom. The normalized spacial score (nSPS) is 11.4. The van der Waals surface area contributed by atoms with E-state index in [4.69, 9.17) is 9.47 Å². The number of ether oxygens (including phenoxy) is 2. The molecule has 2 amide bonds. The minimum Gasteiger partial charge on any atom is -0.497 e. The Morgan fingerprint density at radius 2 is 1.78 bits per heavy atom. The average molecular weight is 370 g/mol. The topological polar surface area (TPSA) is 67.9 Å². The van der Waals surface area contributed by atoms with E-state index in [1.807, 2.05) is 42.5 Å². The Hall–Kier alpha value is -3.02. The van der Waals surface area contributed by atoms with Crippen LogP contribution in [0.15, 0.2) is 48.5 Å². The van der Waals surface area contributed by atoms with Crippen molar-refractivity contribution in [1.29, 1.82) is 0 Å². The molecule has 0 spiro atoms. The molecule has 144 valence electrons. The molecule has 1 atom stereocenters. The van der Waals surface area contributed by atoms with Crippen molar-refractivity contribution < 1.29 is 19.1 Å². The minimum absolute atomic E-state index is 0.0736. The lowest BCUT2D eigenvalue weighted by Gasteiger charge is -2.23. The molecule has 2 rings (SSSR count). The van der Waals surface area contributed by atoms with Crippen LogP contribution in [0.2, 0.25) is 0 Å². The van der Waals surface area contributed by atoms with E-state index in [1.54, 1.807) is 32.2 Å². The third kappa shape index (κ3) is 5.74. The van der Waals surface area contributed by atoms with E-state index >= 15 is 0 Å². The molecule has 0 fully saturated rings. The number of amides is 2. The summed E-state index contributed by atoms with van der Waals surface area (Å²) in [7, 11) is 4.92. The molecular weight excluding hydrogens is 344 g/mol. The van der Waals surface area contributed by atoms with Gasteiger partial charge in [0.25, 0.3) is 0 Å². The van der Waals surface area contributed by atoms with E-state index in [-0.39, 0.29) is 24.3 Å². The first-order valence-electron chi connectivity index (χ1n) is 8.71. The van der Waals surface area contributed by atoms with Gasteiger partial charge in [0.1, 0.15) is 11.5 Å². The van der Waals surface area contributed by atoms with Crippen LogP contribution in [0.1, 0.15) is 30.5 Å². The summed E-state index contributed by atoms with van der Waals surface area (Å²) < 4.78 is 10.6. The number of methoxy groups -OCH3 is 2. The molecule has 1 unspecified atom stereocenters. The fourth-order valence-electron chi connectivity index (χ4n) is 2.84. The highest BCUT2D eigenvalue weighted by Gasteiger charge is 2.20. The zero-order chi connectivity index (χ0) is 19.8. The summed E-state index contributed by atoms with van der Waals surface area (Å²) in [4.78, 5) is 25.9. The van der Waals surface area contributed by atoms with Crippen molar-refractivity contribution in [1.82, 2.24) is 10.2 Å². The lowest BCUT2D eigenvalue weighted by molar-refractivity contribution is -0.131. The van der Waals surface area contributed by atoms with Gasteiger partial charge in [-0.25, -0.2) is 0 Å². The summed E-state index contributed by atoms with van der Waals surface area (Å²) in [6.07, 6.45) is 0.179. The standard InChI is InChI=1S/C21H26N2O4/c1-15(24)22-19(16-8-6-5-7-9-16)13-21(25)23(2)14-17-10-11-18(26-3)12-20(17)27-4/h5-12,19H,13-14H2,1-4H3,(H,22,24). The molecule has 0 aliphatic heterocycles. The number of nitrogens with zero attached hydrogens (tertiary/aromatic N) is 1. The summed E-state index contributed by atoms with van der Waals surface area (Å²) in [5.41, 5.74) is 1.78. The van der Waals surface area contributed by atoms with Crippen LogP contribution in [-0.4, -0.2) is 38.0 Å². The Morgan fingerprint density at radius 1 is 1.07 bits per heavy atom. The summed E-state index contributed by atoms with van der Waals surface area (Å²) in [5.74, 6) is 1.11. The molecule has 6 heteroatoms. The Labute approximate surface area is 160 Å². The smallest absolute Gasteiger partial charge is 0.225 e. The maximum absolute atomic E-state index is 12.7. The second kappa shape index (κ2) is 9.62. The highest BCUT2D eigenvalue weighted by atomic mass is 16.5. The Kier molecular flexibility index (Phi) is 7.23. The molecule has 1 N–H and O–H groups in total. The van der Waals surface area contributed by atoms with Gasteiger partial charge in [-0.1, -0.05) is 30.3 Å². The predicted molar refractivity (Wildman–Crippen MR) is 104 cm³/mol. The fourth-order valence-corrected chi connectivity index (χ4v) is 2.84. The maximum atomic E-state index is 12.7. The van der Waals surface area contributed by atoms with Gasteiger partial charge in [-0.3, -0.25) is 9.59 Å². The van der Waals surface area contributed by atoms with Crippen molar-refractivity contribution in [2.75, 3.05) is 21.3 Å². The van der Waals surface area contributed by atoms with Crippen molar-refractivity contribution in [2.45, 2.75) is 25.9 Å². The van der Waals surface area contributed by atoms with E-state index in [0.717, 1.165) is 11.1 Å². The van der Waals surface area contributed by atoms with Gasteiger partial charge in [0, 0.05) is 32.1 Å². The van der Waals surface area contributed by atoms with Crippen LogP contribution in [0.5, 0.6) is 11.5 Å². The number of carbonyl (C=O) groups is 2. The molecule has 0 saturated carbocycles. The van der Waals surface area contributed by atoms with Gasteiger partial charge >= 0.3 is 0 Å². The van der Waals surface area contributed by atoms with Gasteiger partial charge in [0.05, 0.1) is 26.7 Å². The average Bonchev–Trinajstić information content (AvgIpc) is 2.67. The van der Waals surface area contributed by atoms with Gasteiger partial charge in [-0.05, 0) is 17.7 Å². The number of hydrogen-bond acceptors (Lipinski definition) is 4. The highest BCUT2D eigenvalue weighted by Crippen LogP contribution is 2.26. The molecule has 0 aliphatic carbocycles. The third-order valence-electron chi connectivity index (χ3n) is 4.29. The van der Waals surface area contributed by atoms with Crippen LogP contribution in [-0.2, 0) is 16.1 Å². The molecule has 2 aromatic rings. The van der Waals surface area contributed by atoms with Crippen LogP contribution < -0.4 is 14.8 Å². The van der Waals surface area contributed by atoms with Crippen LogP contribution in [0, 0.1) is 0 Å². The molecular formula is C21H26N2O4. The number of carbonyl (C=O) groups excluding carboxylic acids is 2. The molecule has 0 aromatic heterocycles. The first-order valence-corrected chi connectivity index (χ1v) is 8.71. The molecule has 6 nitrogen and oxygen atoms in total. The summed E-state index contributed by atoms with van der Waals surface area (Å²) in [5, 5.41) is 2.86. The summed E-state index contributed by atoms with van der Waals surface area (Å²) in [6.45, 7) is 1.85. The molecule has 27 heavy (non-hydrogen) atoms. The first kappa shape index (κ1) is 20.3. The van der Waals surface area contributed by atoms with E-state index in [9.17, 15) is 9.59 Å². The van der Waals surface area contributed by atoms with Gasteiger partial charge in [0.2, 0.25) is 11.8 Å². The van der Waals surface area contributed by atoms with Crippen molar-refractivity contribution in [3.63, 3.8) is 0 Å². The SMILES string of the molecule is COc1ccc(CN(C)C(=O)CC(NC(C)=O)c2ccccc2)c(OC)c1. The second-order valence-corrected chi connectivity index (χ2v) is 6.30. The van der Waals surface area contributed by atoms with Gasteiger partial charge in [0.15, 0.2) is 0 Å². The number of hydrogen-bond donors (Lipinski definition) is 1. The molecule has 0 heterocycles. The molecule has 0 bridgehead atoms. The number of rotatable bonds is 8. The van der Waals surface area contributed by atoms with Crippen molar-refractivity contribution in [3.8, 4) is 11.5 Å². The minimum atomic E-state index is -0.364. The highest BCUT2D eigenvalue weighted by molar-refractivity contribution is 5.79. The Balaban J connectivity index is 2.10. The quantitative estimate of drug-likeness (QED) is 0.776.